The monoisotopic (exact) mass is 228 g/mol. The molecule has 2 rings (SSSR count). The molecule has 1 aromatic carbocycles. The first-order chi connectivity index (χ1) is 7.43. The smallest absolute Gasteiger partial charge is 0.340 e. The number of hydrogen-bond acceptors (Lipinski definition) is 1. The summed E-state index contributed by atoms with van der Waals surface area (Å²) in [5, 5.41) is 0.576. The predicted molar refractivity (Wildman–Crippen MR) is 55.8 cm³/mol. The number of nitrogens with zero attached hydrogens (tertiary/aromatic N) is 1. The minimum atomic E-state index is -4.32. The molecule has 0 amide bonds. The Morgan fingerprint density at radius 1 is 1.25 bits per heavy atom. The zero-order valence-corrected chi connectivity index (χ0v) is 8.67. The summed E-state index contributed by atoms with van der Waals surface area (Å²) < 4.78 is 39.0. The lowest BCUT2D eigenvalue weighted by Gasteiger charge is -2.07. The van der Waals surface area contributed by atoms with Crippen LogP contribution < -0.4 is 5.73 Å². The lowest BCUT2D eigenvalue weighted by molar-refractivity contribution is -0.142. The van der Waals surface area contributed by atoms with Gasteiger partial charge in [-0.1, -0.05) is 12.1 Å². The van der Waals surface area contributed by atoms with Crippen LogP contribution in [0.5, 0.6) is 0 Å². The number of nitrogens with two attached hydrogens (primary N) is 1. The van der Waals surface area contributed by atoms with Crippen LogP contribution in [0.1, 0.15) is 11.3 Å². The molecule has 0 spiro atoms. The van der Waals surface area contributed by atoms with Gasteiger partial charge < -0.3 is 10.3 Å². The third-order valence-corrected chi connectivity index (χ3v) is 2.64. The summed E-state index contributed by atoms with van der Waals surface area (Å²) in [6.45, 7) is 0.322. The van der Waals surface area contributed by atoms with E-state index in [2.05, 4.69) is 0 Å². The molecule has 2 nitrogen and oxygen atoms in total. The molecule has 0 fully saturated rings. The van der Waals surface area contributed by atoms with Gasteiger partial charge in [0.25, 0.3) is 0 Å². The van der Waals surface area contributed by atoms with Crippen LogP contribution in [0.2, 0.25) is 0 Å². The highest BCUT2D eigenvalue weighted by Gasteiger charge is 2.34. The standard InChI is InChI=1S/C11H11F3N2/c1-16-9-4-7(6-15)2-3-8(9)5-10(16)11(12,13)14/h2-5H,6,15H2,1H3. The molecule has 2 N–H and O–H groups in total. The van der Waals surface area contributed by atoms with E-state index in [9.17, 15) is 13.2 Å². The van der Waals surface area contributed by atoms with E-state index in [0.29, 0.717) is 17.4 Å². The van der Waals surface area contributed by atoms with Crippen molar-refractivity contribution in [1.29, 1.82) is 0 Å². The van der Waals surface area contributed by atoms with Gasteiger partial charge in [-0.05, 0) is 17.7 Å². The fourth-order valence-corrected chi connectivity index (χ4v) is 1.77. The summed E-state index contributed by atoms with van der Waals surface area (Å²) in [5.41, 5.74) is 6.18. The van der Waals surface area contributed by atoms with E-state index >= 15 is 0 Å². The van der Waals surface area contributed by atoms with Gasteiger partial charge in [0.2, 0.25) is 0 Å². The lowest BCUT2D eigenvalue weighted by atomic mass is 10.1. The van der Waals surface area contributed by atoms with Crippen molar-refractivity contribution in [2.45, 2.75) is 12.7 Å². The molecule has 0 unspecified atom stereocenters. The summed E-state index contributed by atoms with van der Waals surface area (Å²) in [6, 6.07) is 6.23. The second-order valence-electron chi connectivity index (χ2n) is 3.68. The van der Waals surface area contributed by atoms with Gasteiger partial charge in [0, 0.05) is 24.5 Å². The maximum absolute atomic E-state index is 12.6. The normalized spacial score (nSPS) is 12.3. The largest absolute Gasteiger partial charge is 0.431 e. The second-order valence-corrected chi connectivity index (χ2v) is 3.68. The molecule has 0 aliphatic carbocycles. The molecule has 0 aliphatic heterocycles. The van der Waals surface area contributed by atoms with Gasteiger partial charge in [-0.3, -0.25) is 0 Å². The Morgan fingerprint density at radius 2 is 1.94 bits per heavy atom. The van der Waals surface area contributed by atoms with Crippen LogP contribution >= 0.6 is 0 Å². The zero-order chi connectivity index (χ0) is 11.9. The third-order valence-electron chi connectivity index (χ3n) is 2.64. The number of benzene rings is 1. The van der Waals surface area contributed by atoms with Crippen molar-refractivity contribution < 1.29 is 13.2 Å². The highest BCUT2D eigenvalue weighted by molar-refractivity contribution is 5.82. The van der Waals surface area contributed by atoms with Crippen molar-refractivity contribution in [2.24, 2.45) is 12.8 Å². The topological polar surface area (TPSA) is 30.9 Å². The maximum atomic E-state index is 12.6. The van der Waals surface area contributed by atoms with Crippen LogP contribution in [0.15, 0.2) is 24.3 Å². The number of aryl methyl sites for hydroxylation is 1. The SMILES string of the molecule is Cn1c(C(F)(F)F)cc2ccc(CN)cc21. The number of aromatic nitrogens is 1. The molecule has 1 heterocycles. The Labute approximate surface area is 90.5 Å². The van der Waals surface area contributed by atoms with Crippen LogP contribution in [-0.4, -0.2) is 4.57 Å². The molecule has 0 atom stereocenters. The summed E-state index contributed by atoms with van der Waals surface area (Å²) >= 11 is 0. The summed E-state index contributed by atoms with van der Waals surface area (Å²) in [5.74, 6) is 0. The number of rotatable bonds is 1. The van der Waals surface area contributed by atoms with E-state index in [-0.39, 0.29) is 0 Å². The molecule has 16 heavy (non-hydrogen) atoms. The van der Waals surface area contributed by atoms with Crippen molar-refractivity contribution >= 4 is 10.9 Å². The van der Waals surface area contributed by atoms with Crippen molar-refractivity contribution in [1.82, 2.24) is 4.57 Å². The fourth-order valence-electron chi connectivity index (χ4n) is 1.77. The Morgan fingerprint density at radius 3 is 2.50 bits per heavy atom. The average Bonchev–Trinajstić information content (AvgIpc) is 2.55. The number of hydrogen-bond donors (Lipinski definition) is 1. The fraction of sp³-hybridized carbons (Fsp3) is 0.273. The van der Waals surface area contributed by atoms with Gasteiger partial charge in [0.15, 0.2) is 0 Å². The average molecular weight is 228 g/mol. The quantitative estimate of drug-likeness (QED) is 0.799. The Hall–Kier alpha value is -1.49. The molecule has 0 aliphatic rings. The van der Waals surface area contributed by atoms with Crippen molar-refractivity contribution in [3.63, 3.8) is 0 Å². The van der Waals surface area contributed by atoms with E-state index in [1.54, 1.807) is 18.2 Å². The van der Waals surface area contributed by atoms with Crippen LogP contribution in [0.25, 0.3) is 10.9 Å². The molecule has 0 radical (unpaired) electrons. The molecule has 0 saturated carbocycles. The van der Waals surface area contributed by atoms with E-state index < -0.39 is 11.9 Å². The number of halogens is 3. The summed E-state index contributed by atoms with van der Waals surface area (Å²) in [6.07, 6.45) is -4.32. The summed E-state index contributed by atoms with van der Waals surface area (Å²) in [7, 11) is 1.41. The van der Waals surface area contributed by atoms with Crippen molar-refractivity contribution in [2.75, 3.05) is 0 Å². The third kappa shape index (κ3) is 1.67. The Bertz CT molecular complexity index is 526. The first-order valence-electron chi connectivity index (χ1n) is 4.79. The maximum Gasteiger partial charge on any atom is 0.431 e. The summed E-state index contributed by atoms with van der Waals surface area (Å²) in [4.78, 5) is 0. The lowest BCUT2D eigenvalue weighted by Crippen LogP contribution is -2.10. The zero-order valence-electron chi connectivity index (χ0n) is 8.67. The van der Waals surface area contributed by atoms with Crippen molar-refractivity contribution in [3.05, 3.63) is 35.5 Å². The Balaban J connectivity index is 2.69. The van der Waals surface area contributed by atoms with E-state index in [1.165, 1.54) is 7.05 Å². The molecular weight excluding hydrogens is 217 g/mol. The van der Waals surface area contributed by atoms with Gasteiger partial charge in [0.1, 0.15) is 5.69 Å². The highest BCUT2D eigenvalue weighted by atomic mass is 19.4. The molecule has 0 bridgehead atoms. The van der Waals surface area contributed by atoms with Gasteiger partial charge in [-0.15, -0.1) is 0 Å². The predicted octanol–water partition coefficient (Wildman–Crippen LogP) is 2.66. The van der Waals surface area contributed by atoms with Gasteiger partial charge >= 0.3 is 6.18 Å². The van der Waals surface area contributed by atoms with Gasteiger partial charge in [-0.25, -0.2) is 0 Å². The van der Waals surface area contributed by atoms with Gasteiger partial charge in [0.05, 0.1) is 0 Å². The minimum absolute atomic E-state index is 0.322. The van der Waals surface area contributed by atoms with E-state index in [1.807, 2.05) is 0 Å². The molecule has 1 aromatic heterocycles. The number of alkyl halides is 3. The minimum Gasteiger partial charge on any atom is -0.340 e. The Kier molecular flexibility index (Phi) is 2.42. The van der Waals surface area contributed by atoms with Crippen LogP contribution in [0.3, 0.4) is 0 Å². The number of fused-ring (bicyclic) bond motifs is 1. The van der Waals surface area contributed by atoms with Gasteiger partial charge in [-0.2, -0.15) is 13.2 Å². The first-order valence-corrected chi connectivity index (χ1v) is 4.79. The van der Waals surface area contributed by atoms with Crippen molar-refractivity contribution in [3.8, 4) is 0 Å². The van der Waals surface area contributed by atoms with Crippen LogP contribution in [0.4, 0.5) is 13.2 Å². The van der Waals surface area contributed by atoms with E-state index in [0.717, 1.165) is 16.2 Å². The van der Waals surface area contributed by atoms with E-state index in [4.69, 9.17) is 5.73 Å². The second kappa shape index (κ2) is 3.52. The van der Waals surface area contributed by atoms with Crippen LogP contribution in [0, 0.1) is 0 Å². The highest BCUT2D eigenvalue weighted by Crippen LogP contribution is 2.33. The molecule has 86 valence electrons. The first kappa shape index (κ1) is 11.0. The molecule has 5 heteroatoms. The molecule has 2 aromatic rings. The van der Waals surface area contributed by atoms with Crippen LogP contribution in [-0.2, 0) is 19.8 Å². The molecular formula is C11H11F3N2. The molecule has 0 saturated heterocycles.